The molecule has 0 spiro atoms. The van der Waals surface area contributed by atoms with E-state index < -0.39 is 0 Å². The molecular weight excluding hydrogens is 208 g/mol. The SMILES string of the molecule is CCCCCC(N)C(CC)(CC)N1CCCC1. The van der Waals surface area contributed by atoms with Gasteiger partial charge in [-0.15, -0.1) is 0 Å². The quantitative estimate of drug-likeness (QED) is 0.657. The highest BCUT2D eigenvalue weighted by atomic mass is 15.2. The van der Waals surface area contributed by atoms with Crippen LogP contribution in [0.3, 0.4) is 0 Å². The first kappa shape index (κ1) is 15.0. The lowest BCUT2D eigenvalue weighted by molar-refractivity contribution is 0.0727. The molecule has 1 unspecified atom stereocenters. The molecule has 0 aromatic heterocycles. The van der Waals surface area contributed by atoms with Crippen LogP contribution in [0.25, 0.3) is 0 Å². The zero-order chi connectivity index (χ0) is 12.7. The molecule has 17 heavy (non-hydrogen) atoms. The molecule has 1 fully saturated rings. The van der Waals surface area contributed by atoms with Gasteiger partial charge in [0.2, 0.25) is 0 Å². The van der Waals surface area contributed by atoms with Crippen LogP contribution in [-0.2, 0) is 0 Å². The van der Waals surface area contributed by atoms with E-state index in [1.807, 2.05) is 0 Å². The second-order valence-corrected chi connectivity index (χ2v) is 5.61. The standard InChI is InChI=1S/C15H32N2/c1-4-7-8-11-14(16)15(5-2,6-3)17-12-9-10-13-17/h14H,4-13,16H2,1-3H3. The van der Waals surface area contributed by atoms with Crippen molar-refractivity contribution in [3.63, 3.8) is 0 Å². The molecule has 2 N–H and O–H groups in total. The Morgan fingerprint density at radius 1 is 1.06 bits per heavy atom. The molecule has 1 saturated heterocycles. The van der Waals surface area contributed by atoms with Crippen LogP contribution >= 0.6 is 0 Å². The maximum atomic E-state index is 6.55. The molecule has 1 heterocycles. The molecule has 0 bridgehead atoms. The van der Waals surface area contributed by atoms with Crippen LogP contribution in [0.4, 0.5) is 0 Å². The minimum atomic E-state index is 0.282. The second-order valence-electron chi connectivity index (χ2n) is 5.61. The minimum Gasteiger partial charge on any atom is -0.326 e. The number of likely N-dealkylation sites (tertiary alicyclic amines) is 1. The fraction of sp³-hybridized carbons (Fsp3) is 1.00. The smallest absolute Gasteiger partial charge is 0.0355 e. The summed E-state index contributed by atoms with van der Waals surface area (Å²) in [4.78, 5) is 2.68. The predicted molar refractivity (Wildman–Crippen MR) is 76.2 cm³/mol. The Kier molecular flexibility index (Phi) is 6.50. The lowest BCUT2D eigenvalue weighted by atomic mass is 9.81. The molecule has 0 radical (unpaired) electrons. The number of rotatable bonds is 8. The van der Waals surface area contributed by atoms with E-state index in [2.05, 4.69) is 25.7 Å². The van der Waals surface area contributed by atoms with E-state index in [-0.39, 0.29) is 5.54 Å². The van der Waals surface area contributed by atoms with Gasteiger partial charge < -0.3 is 5.73 Å². The van der Waals surface area contributed by atoms with Crippen molar-refractivity contribution in [3.05, 3.63) is 0 Å². The molecule has 1 rings (SSSR count). The summed E-state index contributed by atoms with van der Waals surface area (Å²) >= 11 is 0. The zero-order valence-corrected chi connectivity index (χ0v) is 12.2. The van der Waals surface area contributed by atoms with Crippen molar-refractivity contribution in [3.8, 4) is 0 Å². The summed E-state index contributed by atoms with van der Waals surface area (Å²) in [6.45, 7) is 9.44. The number of hydrogen-bond acceptors (Lipinski definition) is 2. The summed E-state index contributed by atoms with van der Waals surface area (Å²) < 4.78 is 0. The first-order chi connectivity index (χ1) is 8.21. The Balaban J connectivity index is 2.61. The molecule has 102 valence electrons. The van der Waals surface area contributed by atoms with E-state index in [1.54, 1.807) is 0 Å². The maximum Gasteiger partial charge on any atom is 0.0355 e. The molecule has 1 aliphatic rings. The molecular formula is C15H32N2. The lowest BCUT2D eigenvalue weighted by Crippen LogP contribution is -2.58. The van der Waals surface area contributed by atoms with Gasteiger partial charge in [0.25, 0.3) is 0 Å². The van der Waals surface area contributed by atoms with Gasteiger partial charge in [0.05, 0.1) is 0 Å². The van der Waals surface area contributed by atoms with Gasteiger partial charge in [-0.25, -0.2) is 0 Å². The topological polar surface area (TPSA) is 29.3 Å². The van der Waals surface area contributed by atoms with E-state index in [9.17, 15) is 0 Å². The first-order valence-corrected chi connectivity index (χ1v) is 7.71. The number of hydrogen-bond donors (Lipinski definition) is 1. The molecule has 1 aliphatic heterocycles. The van der Waals surface area contributed by atoms with Crippen LogP contribution in [0, 0.1) is 0 Å². The Morgan fingerprint density at radius 3 is 2.12 bits per heavy atom. The fourth-order valence-electron chi connectivity index (χ4n) is 3.50. The number of nitrogens with zero attached hydrogens (tertiary/aromatic N) is 1. The third-order valence-electron chi connectivity index (χ3n) is 4.77. The molecule has 0 saturated carbocycles. The molecule has 0 aromatic rings. The molecule has 0 amide bonds. The van der Waals surface area contributed by atoms with Crippen molar-refractivity contribution in [1.29, 1.82) is 0 Å². The van der Waals surface area contributed by atoms with Crippen LogP contribution in [0.1, 0.15) is 72.1 Å². The van der Waals surface area contributed by atoms with Gasteiger partial charge in [0, 0.05) is 11.6 Å². The van der Waals surface area contributed by atoms with E-state index in [4.69, 9.17) is 5.73 Å². The average molecular weight is 240 g/mol. The Labute approximate surface area is 108 Å². The summed E-state index contributed by atoms with van der Waals surface area (Å²) in [6, 6.07) is 0.363. The summed E-state index contributed by atoms with van der Waals surface area (Å²) in [5.41, 5.74) is 6.83. The van der Waals surface area contributed by atoms with Gasteiger partial charge in [-0.05, 0) is 45.2 Å². The minimum absolute atomic E-state index is 0.282. The van der Waals surface area contributed by atoms with E-state index >= 15 is 0 Å². The Bertz CT molecular complexity index is 193. The summed E-state index contributed by atoms with van der Waals surface area (Å²) in [6.07, 6.45) is 10.3. The van der Waals surface area contributed by atoms with Crippen molar-refractivity contribution in [1.82, 2.24) is 4.90 Å². The van der Waals surface area contributed by atoms with Crippen LogP contribution in [0.15, 0.2) is 0 Å². The highest BCUT2D eigenvalue weighted by Crippen LogP contribution is 2.32. The molecule has 1 atom stereocenters. The van der Waals surface area contributed by atoms with Crippen LogP contribution in [0.5, 0.6) is 0 Å². The maximum absolute atomic E-state index is 6.55. The normalized spacial score (nSPS) is 19.8. The van der Waals surface area contributed by atoms with Gasteiger partial charge in [-0.3, -0.25) is 4.90 Å². The van der Waals surface area contributed by atoms with Crippen molar-refractivity contribution < 1.29 is 0 Å². The molecule has 2 heteroatoms. The van der Waals surface area contributed by atoms with Crippen molar-refractivity contribution in [2.45, 2.75) is 83.7 Å². The van der Waals surface area contributed by atoms with Crippen molar-refractivity contribution in [2.75, 3.05) is 13.1 Å². The zero-order valence-electron chi connectivity index (χ0n) is 12.2. The third-order valence-corrected chi connectivity index (χ3v) is 4.77. The van der Waals surface area contributed by atoms with E-state index in [0.29, 0.717) is 6.04 Å². The van der Waals surface area contributed by atoms with Crippen molar-refractivity contribution >= 4 is 0 Å². The second kappa shape index (κ2) is 7.38. The first-order valence-electron chi connectivity index (χ1n) is 7.71. The van der Waals surface area contributed by atoms with Gasteiger partial charge in [0.1, 0.15) is 0 Å². The molecule has 0 aliphatic carbocycles. The fourth-order valence-corrected chi connectivity index (χ4v) is 3.50. The molecule has 2 nitrogen and oxygen atoms in total. The predicted octanol–water partition coefficient (Wildman–Crippen LogP) is 3.55. The molecule has 0 aromatic carbocycles. The Morgan fingerprint density at radius 2 is 1.65 bits per heavy atom. The summed E-state index contributed by atoms with van der Waals surface area (Å²) in [7, 11) is 0. The largest absolute Gasteiger partial charge is 0.326 e. The van der Waals surface area contributed by atoms with Gasteiger partial charge in [-0.2, -0.15) is 0 Å². The van der Waals surface area contributed by atoms with Gasteiger partial charge in [0.15, 0.2) is 0 Å². The summed E-state index contributed by atoms with van der Waals surface area (Å²) in [5, 5.41) is 0. The third kappa shape index (κ3) is 3.45. The Hall–Kier alpha value is -0.0800. The van der Waals surface area contributed by atoms with Crippen molar-refractivity contribution in [2.24, 2.45) is 5.73 Å². The van der Waals surface area contributed by atoms with E-state index in [0.717, 1.165) is 0 Å². The monoisotopic (exact) mass is 240 g/mol. The van der Waals surface area contributed by atoms with Crippen LogP contribution in [0.2, 0.25) is 0 Å². The lowest BCUT2D eigenvalue weighted by Gasteiger charge is -2.45. The average Bonchev–Trinajstić information content (AvgIpc) is 2.86. The number of nitrogens with two attached hydrogens (primary N) is 1. The van der Waals surface area contributed by atoms with Gasteiger partial charge >= 0.3 is 0 Å². The van der Waals surface area contributed by atoms with Gasteiger partial charge in [-0.1, -0.05) is 40.0 Å². The summed E-state index contributed by atoms with van der Waals surface area (Å²) in [5.74, 6) is 0. The van der Waals surface area contributed by atoms with Crippen LogP contribution < -0.4 is 5.73 Å². The van der Waals surface area contributed by atoms with E-state index in [1.165, 1.54) is 64.5 Å². The van der Waals surface area contributed by atoms with Crippen LogP contribution in [-0.4, -0.2) is 29.6 Å². The highest BCUT2D eigenvalue weighted by molar-refractivity contribution is 4.98. The number of unbranched alkanes of at least 4 members (excludes halogenated alkanes) is 2. The highest BCUT2D eigenvalue weighted by Gasteiger charge is 2.39.